The zero-order valence-electron chi connectivity index (χ0n) is 11.1. The first-order valence-corrected chi connectivity index (χ1v) is 7.59. The number of rotatable bonds is 6. The van der Waals surface area contributed by atoms with Crippen molar-refractivity contribution < 1.29 is 13.5 Å². The zero-order chi connectivity index (χ0) is 13.8. The van der Waals surface area contributed by atoms with Crippen LogP contribution in [0.25, 0.3) is 0 Å². The van der Waals surface area contributed by atoms with Crippen molar-refractivity contribution in [1.82, 2.24) is 4.72 Å². The second-order valence-electron chi connectivity index (χ2n) is 4.62. The molecule has 1 unspecified atom stereocenters. The molecule has 2 N–H and O–H groups in total. The van der Waals surface area contributed by atoms with Gasteiger partial charge in [0.05, 0.1) is 11.0 Å². The van der Waals surface area contributed by atoms with Gasteiger partial charge in [-0.3, -0.25) is 0 Å². The normalized spacial score (nSPS) is 13.6. The van der Waals surface area contributed by atoms with Crippen LogP contribution in [-0.2, 0) is 10.0 Å². The smallest absolute Gasteiger partial charge is 0.240 e. The molecule has 0 saturated heterocycles. The number of sulfonamides is 1. The Morgan fingerprint density at radius 1 is 1.22 bits per heavy atom. The Kier molecular flexibility index (Phi) is 5.31. The molecule has 1 atom stereocenters. The molecule has 102 valence electrons. The summed E-state index contributed by atoms with van der Waals surface area (Å²) in [5.74, 6) is 0. The number of aliphatic hydroxyl groups excluding tert-OH is 1. The van der Waals surface area contributed by atoms with Gasteiger partial charge < -0.3 is 5.11 Å². The van der Waals surface area contributed by atoms with E-state index in [1.54, 1.807) is 12.1 Å². The van der Waals surface area contributed by atoms with Crippen molar-refractivity contribution in [1.29, 1.82) is 0 Å². The number of hydrogen-bond donors (Lipinski definition) is 2. The van der Waals surface area contributed by atoms with Crippen LogP contribution in [0.3, 0.4) is 0 Å². The molecule has 1 aromatic rings. The first-order valence-electron chi connectivity index (χ1n) is 6.11. The van der Waals surface area contributed by atoms with Crippen molar-refractivity contribution in [3.05, 3.63) is 29.3 Å². The molecule has 0 fully saturated rings. The summed E-state index contributed by atoms with van der Waals surface area (Å²) in [6.07, 6.45) is 0.789. The van der Waals surface area contributed by atoms with E-state index in [4.69, 9.17) is 0 Å². The summed E-state index contributed by atoms with van der Waals surface area (Å²) in [4.78, 5) is 0.253. The topological polar surface area (TPSA) is 66.4 Å². The summed E-state index contributed by atoms with van der Waals surface area (Å²) in [5, 5.41) is 9.54. The van der Waals surface area contributed by atoms with E-state index in [9.17, 15) is 13.5 Å². The van der Waals surface area contributed by atoms with Gasteiger partial charge in [0.1, 0.15) is 0 Å². The molecule has 0 radical (unpaired) electrons. The fraction of sp³-hybridized carbons (Fsp3) is 0.538. The Hall–Kier alpha value is -0.910. The summed E-state index contributed by atoms with van der Waals surface area (Å²) in [6.45, 7) is 5.72. The van der Waals surface area contributed by atoms with E-state index in [0.29, 0.717) is 6.42 Å². The molecule has 1 rings (SSSR count). The molecule has 1 aromatic carbocycles. The van der Waals surface area contributed by atoms with Crippen molar-refractivity contribution in [3.8, 4) is 0 Å². The number of hydrogen-bond acceptors (Lipinski definition) is 3. The van der Waals surface area contributed by atoms with Gasteiger partial charge in [0.2, 0.25) is 10.0 Å². The maximum absolute atomic E-state index is 12.0. The maximum Gasteiger partial charge on any atom is 0.240 e. The number of aryl methyl sites for hydroxylation is 2. The van der Waals surface area contributed by atoms with Crippen molar-refractivity contribution in [2.75, 3.05) is 6.54 Å². The molecule has 0 spiro atoms. The van der Waals surface area contributed by atoms with Gasteiger partial charge in [-0.2, -0.15) is 0 Å². The lowest BCUT2D eigenvalue weighted by Gasteiger charge is -2.12. The average molecular weight is 271 g/mol. The van der Waals surface area contributed by atoms with E-state index < -0.39 is 16.1 Å². The summed E-state index contributed by atoms with van der Waals surface area (Å²) in [7, 11) is -3.53. The van der Waals surface area contributed by atoms with Crippen LogP contribution in [-0.4, -0.2) is 26.2 Å². The van der Waals surface area contributed by atoms with Crippen LogP contribution in [0.4, 0.5) is 0 Å². The first-order chi connectivity index (χ1) is 8.35. The standard InChI is InChI=1S/C13H21NO3S/c1-4-5-12(15)9-14-18(16,17)13-7-10(2)6-11(3)8-13/h6-8,12,14-15H,4-5,9H2,1-3H3. The van der Waals surface area contributed by atoms with Gasteiger partial charge in [-0.05, 0) is 43.5 Å². The van der Waals surface area contributed by atoms with E-state index in [0.717, 1.165) is 17.5 Å². The fourth-order valence-electron chi connectivity index (χ4n) is 1.81. The minimum atomic E-state index is -3.53. The van der Waals surface area contributed by atoms with E-state index in [1.165, 1.54) is 0 Å². The van der Waals surface area contributed by atoms with Crippen LogP contribution in [0.15, 0.2) is 23.1 Å². The molecule has 0 bridgehead atoms. The van der Waals surface area contributed by atoms with Gasteiger partial charge in [-0.15, -0.1) is 0 Å². The molecule has 0 aliphatic rings. The molecular formula is C13H21NO3S. The minimum Gasteiger partial charge on any atom is -0.392 e. The number of benzene rings is 1. The summed E-state index contributed by atoms with van der Waals surface area (Å²) < 4.78 is 26.5. The molecule has 0 aliphatic heterocycles. The van der Waals surface area contributed by atoms with Crippen LogP contribution in [0, 0.1) is 13.8 Å². The van der Waals surface area contributed by atoms with Gasteiger partial charge >= 0.3 is 0 Å². The molecule has 18 heavy (non-hydrogen) atoms. The van der Waals surface area contributed by atoms with Crippen LogP contribution in [0.2, 0.25) is 0 Å². The SMILES string of the molecule is CCCC(O)CNS(=O)(=O)c1cc(C)cc(C)c1. The maximum atomic E-state index is 12.0. The Morgan fingerprint density at radius 2 is 1.78 bits per heavy atom. The van der Waals surface area contributed by atoms with E-state index in [2.05, 4.69) is 4.72 Å². The molecule has 0 aromatic heterocycles. The third-order valence-electron chi connectivity index (χ3n) is 2.64. The van der Waals surface area contributed by atoms with Crippen molar-refractivity contribution in [2.24, 2.45) is 0 Å². The molecule has 0 aliphatic carbocycles. The van der Waals surface area contributed by atoms with Gasteiger partial charge in [0.25, 0.3) is 0 Å². The highest BCUT2D eigenvalue weighted by atomic mass is 32.2. The predicted molar refractivity (Wildman–Crippen MR) is 72.0 cm³/mol. The van der Waals surface area contributed by atoms with Crippen LogP contribution in [0.1, 0.15) is 30.9 Å². The highest BCUT2D eigenvalue weighted by Crippen LogP contribution is 2.14. The largest absolute Gasteiger partial charge is 0.392 e. The Balaban J connectivity index is 2.80. The quantitative estimate of drug-likeness (QED) is 0.828. The Labute approximate surface area is 109 Å². The molecule has 0 amide bonds. The van der Waals surface area contributed by atoms with Crippen molar-refractivity contribution >= 4 is 10.0 Å². The average Bonchev–Trinajstić information content (AvgIpc) is 2.26. The van der Waals surface area contributed by atoms with Crippen molar-refractivity contribution in [3.63, 3.8) is 0 Å². The lowest BCUT2D eigenvalue weighted by Crippen LogP contribution is -2.32. The summed E-state index contributed by atoms with van der Waals surface area (Å²) >= 11 is 0. The molecular weight excluding hydrogens is 250 g/mol. The minimum absolute atomic E-state index is 0.0587. The highest BCUT2D eigenvalue weighted by molar-refractivity contribution is 7.89. The molecule has 0 heterocycles. The second kappa shape index (κ2) is 6.31. The molecule has 4 nitrogen and oxygen atoms in total. The lowest BCUT2D eigenvalue weighted by atomic mass is 10.2. The van der Waals surface area contributed by atoms with E-state index in [-0.39, 0.29) is 11.4 Å². The fourth-order valence-corrected chi connectivity index (χ4v) is 3.07. The summed E-state index contributed by atoms with van der Waals surface area (Å²) in [5.41, 5.74) is 1.81. The van der Waals surface area contributed by atoms with E-state index >= 15 is 0 Å². The second-order valence-corrected chi connectivity index (χ2v) is 6.38. The zero-order valence-corrected chi connectivity index (χ0v) is 11.9. The lowest BCUT2D eigenvalue weighted by molar-refractivity contribution is 0.167. The highest BCUT2D eigenvalue weighted by Gasteiger charge is 2.16. The predicted octanol–water partition coefficient (Wildman–Crippen LogP) is 1.74. The third kappa shape index (κ3) is 4.40. The number of nitrogens with one attached hydrogen (secondary N) is 1. The Morgan fingerprint density at radius 3 is 2.28 bits per heavy atom. The summed E-state index contributed by atoms with van der Waals surface area (Å²) in [6, 6.07) is 5.17. The van der Waals surface area contributed by atoms with Crippen molar-refractivity contribution in [2.45, 2.75) is 44.6 Å². The number of aliphatic hydroxyl groups is 1. The van der Waals surface area contributed by atoms with Crippen LogP contribution >= 0.6 is 0 Å². The monoisotopic (exact) mass is 271 g/mol. The molecule has 0 saturated carbocycles. The Bertz CT molecular complexity index is 477. The third-order valence-corrected chi connectivity index (χ3v) is 4.04. The van der Waals surface area contributed by atoms with Crippen LogP contribution < -0.4 is 4.72 Å². The van der Waals surface area contributed by atoms with Crippen LogP contribution in [0.5, 0.6) is 0 Å². The van der Waals surface area contributed by atoms with E-state index in [1.807, 2.05) is 26.8 Å². The molecule has 5 heteroatoms. The van der Waals surface area contributed by atoms with Gasteiger partial charge in [-0.25, -0.2) is 13.1 Å². The van der Waals surface area contributed by atoms with Gasteiger partial charge in [0, 0.05) is 6.54 Å². The van der Waals surface area contributed by atoms with Gasteiger partial charge in [0.15, 0.2) is 0 Å². The first kappa shape index (κ1) is 15.1. The van der Waals surface area contributed by atoms with Gasteiger partial charge in [-0.1, -0.05) is 19.4 Å².